The van der Waals surface area contributed by atoms with Crippen LogP contribution in [-0.2, 0) is 4.79 Å². The highest BCUT2D eigenvalue weighted by molar-refractivity contribution is 6.03. The number of piperazine rings is 1. The summed E-state index contributed by atoms with van der Waals surface area (Å²) >= 11 is 0. The highest BCUT2D eigenvalue weighted by Crippen LogP contribution is 2.17. The Bertz CT molecular complexity index is 801. The van der Waals surface area contributed by atoms with Gasteiger partial charge in [-0.3, -0.25) is 9.59 Å². The molecule has 142 valence electrons. The Balaban J connectivity index is 1.71. The number of rotatable bonds is 6. The number of aromatic nitrogens is 2. The molecule has 1 aromatic carbocycles. The van der Waals surface area contributed by atoms with Crippen LogP contribution in [-0.4, -0.2) is 60.0 Å². The Morgan fingerprint density at radius 1 is 1.19 bits per heavy atom. The molecular formula is C19H23N5O3. The van der Waals surface area contributed by atoms with Crippen LogP contribution in [0.2, 0.25) is 0 Å². The molecule has 1 aliphatic rings. The van der Waals surface area contributed by atoms with Gasteiger partial charge in [-0.25, -0.2) is 9.97 Å². The molecule has 1 aromatic heterocycles. The maximum atomic E-state index is 12.6. The molecule has 3 rings (SSSR count). The van der Waals surface area contributed by atoms with E-state index in [9.17, 15) is 9.59 Å². The summed E-state index contributed by atoms with van der Waals surface area (Å²) in [6.45, 7) is 6.87. The fourth-order valence-corrected chi connectivity index (χ4v) is 2.83. The van der Waals surface area contributed by atoms with E-state index >= 15 is 0 Å². The molecule has 8 nitrogen and oxygen atoms in total. The second-order valence-electron chi connectivity index (χ2n) is 6.23. The molecule has 27 heavy (non-hydrogen) atoms. The normalized spacial score (nSPS) is 14.0. The summed E-state index contributed by atoms with van der Waals surface area (Å²) < 4.78 is 5.40. The molecule has 1 saturated heterocycles. The Labute approximate surface area is 158 Å². The van der Waals surface area contributed by atoms with Crippen LogP contribution in [0, 0.1) is 6.92 Å². The monoisotopic (exact) mass is 369 g/mol. The van der Waals surface area contributed by atoms with Crippen molar-refractivity contribution in [2.45, 2.75) is 13.8 Å². The zero-order valence-corrected chi connectivity index (χ0v) is 15.5. The number of anilines is 2. The molecule has 1 N–H and O–H groups in total. The number of nitrogens with zero attached hydrogens (tertiary/aromatic N) is 4. The summed E-state index contributed by atoms with van der Waals surface area (Å²) in [7, 11) is 0. The molecule has 0 radical (unpaired) electrons. The van der Waals surface area contributed by atoms with Gasteiger partial charge in [0.15, 0.2) is 0 Å². The number of hydrogen-bond donors (Lipinski definition) is 1. The van der Waals surface area contributed by atoms with Gasteiger partial charge in [-0.1, -0.05) is 0 Å². The van der Waals surface area contributed by atoms with Crippen LogP contribution in [0.25, 0.3) is 0 Å². The SMILES string of the molecule is CCOc1ccc(NC(=O)c2cc(C)nc(N3CCN(C=O)CC3)n2)cc1. The van der Waals surface area contributed by atoms with Crippen molar-refractivity contribution in [1.29, 1.82) is 0 Å². The van der Waals surface area contributed by atoms with Crippen molar-refractivity contribution in [3.8, 4) is 5.75 Å². The van der Waals surface area contributed by atoms with Crippen molar-refractivity contribution in [2.75, 3.05) is 43.0 Å². The average Bonchev–Trinajstić information content (AvgIpc) is 2.69. The summed E-state index contributed by atoms with van der Waals surface area (Å²) in [5, 5.41) is 2.84. The second-order valence-corrected chi connectivity index (χ2v) is 6.23. The van der Waals surface area contributed by atoms with E-state index in [2.05, 4.69) is 15.3 Å². The first-order chi connectivity index (χ1) is 13.1. The van der Waals surface area contributed by atoms with Crippen LogP contribution in [0.15, 0.2) is 30.3 Å². The van der Waals surface area contributed by atoms with Crippen molar-refractivity contribution in [3.63, 3.8) is 0 Å². The maximum absolute atomic E-state index is 12.6. The van der Waals surface area contributed by atoms with Gasteiger partial charge in [-0.2, -0.15) is 0 Å². The van der Waals surface area contributed by atoms with Gasteiger partial charge in [0.05, 0.1) is 6.61 Å². The number of aryl methyl sites for hydroxylation is 1. The van der Waals surface area contributed by atoms with E-state index in [1.54, 1.807) is 23.1 Å². The van der Waals surface area contributed by atoms with Gasteiger partial charge in [0, 0.05) is 37.6 Å². The molecule has 2 aromatic rings. The van der Waals surface area contributed by atoms with Crippen LogP contribution in [0.5, 0.6) is 5.75 Å². The van der Waals surface area contributed by atoms with Crippen molar-refractivity contribution in [1.82, 2.24) is 14.9 Å². The molecule has 8 heteroatoms. The first-order valence-corrected chi connectivity index (χ1v) is 8.93. The third-order valence-corrected chi connectivity index (χ3v) is 4.24. The summed E-state index contributed by atoms with van der Waals surface area (Å²) in [4.78, 5) is 36.0. The van der Waals surface area contributed by atoms with E-state index in [1.165, 1.54) is 0 Å². The maximum Gasteiger partial charge on any atom is 0.274 e. The lowest BCUT2D eigenvalue weighted by molar-refractivity contribution is -0.118. The summed E-state index contributed by atoms with van der Waals surface area (Å²) in [5.74, 6) is 0.972. The predicted molar refractivity (Wildman–Crippen MR) is 102 cm³/mol. The van der Waals surface area contributed by atoms with Crippen LogP contribution in [0.3, 0.4) is 0 Å². The van der Waals surface area contributed by atoms with Gasteiger partial charge < -0.3 is 19.9 Å². The molecule has 0 unspecified atom stereocenters. The quantitative estimate of drug-likeness (QED) is 0.780. The zero-order valence-electron chi connectivity index (χ0n) is 15.5. The van der Waals surface area contributed by atoms with Crippen LogP contribution in [0.4, 0.5) is 11.6 Å². The van der Waals surface area contributed by atoms with Crippen LogP contribution >= 0.6 is 0 Å². The van der Waals surface area contributed by atoms with Crippen LogP contribution < -0.4 is 15.0 Å². The lowest BCUT2D eigenvalue weighted by atomic mass is 10.2. The average molecular weight is 369 g/mol. The lowest BCUT2D eigenvalue weighted by Gasteiger charge is -2.32. The van der Waals surface area contributed by atoms with Crippen molar-refractivity contribution < 1.29 is 14.3 Å². The highest BCUT2D eigenvalue weighted by atomic mass is 16.5. The molecule has 0 spiro atoms. The summed E-state index contributed by atoms with van der Waals surface area (Å²) in [6, 6.07) is 8.85. The minimum Gasteiger partial charge on any atom is -0.494 e. The van der Waals surface area contributed by atoms with E-state index in [0.717, 1.165) is 17.9 Å². The number of ether oxygens (including phenoxy) is 1. The molecule has 2 amide bonds. The van der Waals surface area contributed by atoms with Gasteiger partial charge in [0.25, 0.3) is 5.91 Å². The minimum absolute atomic E-state index is 0.294. The molecule has 2 heterocycles. The summed E-state index contributed by atoms with van der Waals surface area (Å²) in [6.07, 6.45) is 0.851. The third-order valence-electron chi connectivity index (χ3n) is 4.24. The standard InChI is InChI=1S/C19H23N5O3/c1-3-27-16-6-4-15(5-7-16)21-18(26)17-12-14(2)20-19(22-17)24-10-8-23(13-25)9-11-24/h4-7,12-13H,3,8-11H2,1-2H3,(H,21,26). The van der Waals surface area contributed by atoms with E-state index in [4.69, 9.17) is 4.74 Å². The van der Waals surface area contributed by atoms with Gasteiger partial charge in [0.2, 0.25) is 12.4 Å². The molecule has 0 saturated carbocycles. The van der Waals surface area contributed by atoms with Gasteiger partial charge in [-0.05, 0) is 44.2 Å². The third kappa shape index (κ3) is 4.72. The number of hydrogen-bond acceptors (Lipinski definition) is 6. The number of carbonyl (C=O) groups excluding carboxylic acids is 2. The molecular weight excluding hydrogens is 346 g/mol. The molecule has 1 fully saturated rings. The van der Waals surface area contributed by atoms with Crippen molar-refractivity contribution in [2.24, 2.45) is 0 Å². The van der Waals surface area contributed by atoms with Gasteiger partial charge in [0.1, 0.15) is 11.4 Å². The Morgan fingerprint density at radius 3 is 2.52 bits per heavy atom. The largest absolute Gasteiger partial charge is 0.494 e. The molecule has 0 aliphatic carbocycles. The van der Waals surface area contributed by atoms with Gasteiger partial charge >= 0.3 is 0 Å². The highest BCUT2D eigenvalue weighted by Gasteiger charge is 2.20. The zero-order chi connectivity index (χ0) is 19.2. The molecule has 0 atom stereocenters. The number of carbonyl (C=O) groups is 2. The number of amides is 2. The fraction of sp³-hybridized carbons (Fsp3) is 0.368. The number of nitrogens with one attached hydrogen (secondary N) is 1. The molecule has 0 bridgehead atoms. The van der Waals surface area contributed by atoms with Crippen LogP contribution in [0.1, 0.15) is 23.1 Å². The predicted octanol–water partition coefficient (Wildman–Crippen LogP) is 1.71. The Hall–Kier alpha value is -3.16. The Morgan fingerprint density at radius 2 is 1.89 bits per heavy atom. The van der Waals surface area contributed by atoms with E-state index in [0.29, 0.717) is 50.1 Å². The van der Waals surface area contributed by atoms with E-state index < -0.39 is 0 Å². The topological polar surface area (TPSA) is 87.7 Å². The van der Waals surface area contributed by atoms with Crippen molar-refractivity contribution >= 4 is 24.0 Å². The first-order valence-electron chi connectivity index (χ1n) is 8.93. The van der Waals surface area contributed by atoms with Gasteiger partial charge in [-0.15, -0.1) is 0 Å². The van der Waals surface area contributed by atoms with E-state index in [1.807, 2.05) is 30.9 Å². The number of benzene rings is 1. The first kappa shape index (κ1) is 18.6. The minimum atomic E-state index is -0.294. The second kappa shape index (κ2) is 8.48. The smallest absolute Gasteiger partial charge is 0.274 e. The molecule has 1 aliphatic heterocycles. The Kier molecular flexibility index (Phi) is 5.85. The lowest BCUT2D eigenvalue weighted by Crippen LogP contribution is -2.46. The fourth-order valence-electron chi connectivity index (χ4n) is 2.83. The van der Waals surface area contributed by atoms with E-state index in [-0.39, 0.29) is 5.91 Å². The summed E-state index contributed by atoms with van der Waals surface area (Å²) in [5.41, 5.74) is 1.69. The van der Waals surface area contributed by atoms with Crippen molar-refractivity contribution in [3.05, 3.63) is 41.7 Å².